The average molecular weight is 233 g/mol. The number of aromatic nitrogens is 1. The van der Waals surface area contributed by atoms with E-state index in [9.17, 15) is 0 Å². The van der Waals surface area contributed by atoms with Crippen LogP contribution < -0.4 is 10.2 Å². The van der Waals surface area contributed by atoms with E-state index in [0.29, 0.717) is 0 Å². The molecular formula is C14H23N3. The van der Waals surface area contributed by atoms with Crippen LogP contribution in [0.4, 0.5) is 5.82 Å². The summed E-state index contributed by atoms with van der Waals surface area (Å²) in [5.74, 6) is 2.74. The second-order valence-corrected chi connectivity index (χ2v) is 5.29. The molecule has 0 radical (unpaired) electrons. The van der Waals surface area contributed by atoms with Gasteiger partial charge in [0.05, 0.1) is 0 Å². The maximum atomic E-state index is 4.56. The summed E-state index contributed by atoms with van der Waals surface area (Å²) in [5.41, 5.74) is 1.25. The van der Waals surface area contributed by atoms with Crippen molar-refractivity contribution in [3.05, 3.63) is 23.9 Å². The highest BCUT2D eigenvalue weighted by atomic mass is 15.2. The van der Waals surface area contributed by atoms with E-state index >= 15 is 0 Å². The molecular weight excluding hydrogens is 210 g/mol. The number of nitrogens with zero attached hydrogens (tertiary/aromatic N) is 2. The SMILES string of the molecule is CNCc1ccc(N2CCC(C(C)C)C2)nc1. The van der Waals surface area contributed by atoms with Crippen LogP contribution in [-0.4, -0.2) is 25.1 Å². The number of nitrogens with one attached hydrogen (secondary N) is 1. The molecule has 0 amide bonds. The van der Waals surface area contributed by atoms with Gasteiger partial charge in [0.15, 0.2) is 0 Å². The van der Waals surface area contributed by atoms with E-state index in [2.05, 4.69) is 41.2 Å². The summed E-state index contributed by atoms with van der Waals surface area (Å²) in [6, 6.07) is 4.32. The van der Waals surface area contributed by atoms with E-state index in [0.717, 1.165) is 37.3 Å². The van der Waals surface area contributed by atoms with E-state index in [1.807, 2.05) is 13.2 Å². The Bertz CT molecular complexity index is 345. The van der Waals surface area contributed by atoms with Gasteiger partial charge < -0.3 is 10.2 Å². The minimum absolute atomic E-state index is 0.781. The molecule has 1 aromatic rings. The van der Waals surface area contributed by atoms with Crippen LogP contribution in [-0.2, 0) is 6.54 Å². The molecule has 0 aromatic carbocycles. The van der Waals surface area contributed by atoms with Gasteiger partial charge in [0.1, 0.15) is 5.82 Å². The van der Waals surface area contributed by atoms with Crippen molar-refractivity contribution in [2.45, 2.75) is 26.8 Å². The summed E-state index contributed by atoms with van der Waals surface area (Å²) in [6.45, 7) is 7.84. The predicted molar refractivity (Wildman–Crippen MR) is 72.2 cm³/mol. The quantitative estimate of drug-likeness (QED) is 0.865. The first kappa shape index (κ1) is 12.4. The minimum atomic E-state index is 0.781. The van der Waals surface area contributed by atoms with Gasteiger partial charge in [-0.15, -0.1) is 0 Å². The van der Waals surface area contributed by atoms with Gasteiger partial charge in [-0.2, -0.15) is 0 Å². The number of pyridine rings is 1. The largest absolute Gasteiger partial charge is 0.356 e. The summed E-state index contributed by atoms with van der Waals surface area (Å²) in [4.78, 5) is 6.97. The van der Waals surface area contributed by atoms with Crippen molar-refractivity contribution in [2.75, 3.05) is 25.0 Å². The molecule has 0 saturated carbocycles. The lowest BCUT2D eigenvalue weighted by atomic mass is 9.95. The molecule has 0 aliphatic carbocycles. The lowest BCUT2D eigenvalue weighted by molar-refractivity contribution is 0.422. The van der Waals surface area contributed by atoms with Gasteiger partial charge in [-0.3, -0.25) is 0 Å². The first-order valence-corrected chi connectivity index (χ1v) is 6.55. The number of rotatable bonds is 4. The van der Waals surface area contributed by atoms with Crippen LogP contribution in [0.5, 0.6) is 0 Å². The summed E-state index contributed by atoms with van der Waals surface area (Å²) < 4.78 is 0. The van der Waals surface area contributed by atoms with E-state index in [1.165, 1.54) is 12.0 Å². The molecule has 3 nitrogen and oxygen atoms in total. The third-order valence-corrected chi connectivity index (χ3v) is 3.68. The topological polar surface area (TPSA) is 28.2 Å². The van der Waals surface area contributed by atoms with Gasteiger partial charge in [-0.05, 0) is 36.9 Å². The van der Waals surface area contributed by atoms with Crippen LogP contribution in [0.25, 0.3) is 0 Å². The molecule has 0 bridgehead atoms. The summed E-state index contributed by atoms with van der Waals surface area (Å²) in [5, 5.41) is 3.14. The molecule has 1 unspecified atom stereocenters. The Balaban J connectivity index is 1.99. The van der Waals surface area contributed by atoms with E-state index in [4.69, 9.17) is 0 Å². The highest BCUT2D eigenvalue weighted by Gasteiger charge is 2.25. The first-order chi connectivity index (χ1) is 8.20. The van der Waals surface area contributed by atoms with Gasteiger partial charge >= 0.3 is 0 Å². The molecule has 1 aliphatic heterocycles. The molecule has 2 heterocycles. The fraction of sp³-hybridized carbons (Fsp3) is 0.643. The summed E-state index contributed by atoms with van der Waals surface area (Å²) in [6.07, 6.45) is 3.28. The van der Waals surface area contributed by atoms with E-state index in [-0.39, 0.29) is 0 Å². The second-order valence-electron chi connectivity index (χ2n) is 5.29. The Morgan fingerprint density at radius 1 is 1.47 bits per heavy atom. The lowest BCUT2D eigenvalue weighted by Gasteiger charge is -2.19. The van der Waals surface area contributed by atoms with Crippen molar-refractivity contribution >= 4 is 5.82 Å². The number of anilines is 1. The smallest absolute Gasteiger partial charge is 0.128 e. The van der Waals surface area contributed by atoms with Crippen LogP contribution in [0, 0.1) is 11.8 Å². The third kappa shape index (κ3) is 2.97. The van der Waals surface area contributed by atoms with Crippen molar-refractivity contribution in [3.63, 3.8) is 0 Å². The molecule has 1 aromatic heterocycles. The molecule has 0 spiro atoms. The second kappa shape index (κ2) is 5.50. The van der Waals surface area contributed by atoms with Gasteiger partial charge in [-0.25, -0.2) is 4.98 Å². The Labute approximate surface area is 104 Å². The Hall–Kier alpha value is -1.09. The molecule has 3 heteroatoms. The third-order valence-electron chi connectivity index (χ3n) is 3.68. The molecule has 1 fully saturated rings. The fourth-order valence-corrected chi connectivity index (χ4v) is 2.45. The zero-order valence-corrected chi connectivity index (χ0v) is 11.1. The van der Waals surface area contributed by atoms with Crippen molar-refractivity contribution in [3.8, 4) is 0 Å². The number of hydrogen-bond acceptors (Lipinski definition) is 3. The molecule has 1 N–H and O–H groups in total. The molecule has 2 rings (SSSR count). The normalized spacial score (nSPS) is 20.2. The van der Waals surface area contributed by atoms with Crippen LogP contribution in [0.1, 0.15) is 25.8 Å². The molecule has 94 valence electrons. The Morgan fingerprint density at radius 2 is 2.29 bits per heavy atom. The van der Waals surface area contributed by atoms with Crippen LogP contribution in [0.3, 0.4) is 0 Å². The van der Waals surface area contributed by atoms with Crippen LogP contribution in [0.2, 0.25) is 0 Å². The zero-order valence-electron chi connectivity index (χ0n) is 11.1. The van der Waals surface area contributed by atoms with Crippen molar-refractivity contribution in [1.82, 2.24) is 10.3 Å². The fourth-order valence-electron chi connectivity index (χ4n) is 2.45. The van der Waals surface area contributed by atoms with E-state index < -0.39 is 0 Å². The van der Waals surface area contributed by atoms with Crippen molar-refractivity contribution < 1.29 is 0 Å². The Kier molecular flexibility index (Phi) is 4.00. The van der Waals surface area contributed by atoms with E-state index in [1.54, 1.807) is 0 Å². The van der Waals surface area contributed by atoms with Gasteiger partial charge in [0, 0.05) is 25.8 Å². The first-order valence-electron chi connectivity index (χ1n) is 6.55. The highest BCUT2D eigenvalue weighted by Crippen LogP contribution is 2.26. The highest BCUT2D eigenvalue weighted by molar-refractivity contribution is 5.40. The maximum Gasteiger partial charge on any atom is 0.128 e. The average Bonchev–Trinajstić information content (AvgIpc) is 2.80. The van der Waals surface area contributed by atoms with Gasteiger partial charge in [0.2, 0.25) is 0 Å². The molecule has 1 atom stereocenters. The predicted octanol–water partition coefficient (Wildman–Crippen LogP) is 2.28. The summed E-state index contributed by atoms with van der Waals surface area (Å²) in [7, 11) is 1.96. The lowest BCUT2D eigenvalue weighted by Crippen LogP contribution is -2.22. The van der Waals surface area contributed by atoms with Crippen LogP contribution >= 0.6 is 0 Å². The van der Waals surface area contributed by atoms with Crippen molar-refractivity contribution in [1.29, 1.82) is 0 Å². The number of hydrogen-bond donors (Lipinski definition) is 1. The molecule has 1 saturated heterocycles. The standard InChI is InChI=1S/C14H23N3/c1-11(2)13-6-7-17(10-13)14-5-4-12(8-15-3)9-16-14/h4-5,9,11,13,15H,6-8,10H2,1-3H3. The van der Waals surface area contributed by atoms with Crippen molar-refractivity contribution in [2.24, 2.45) is 11.8 Å². The maximum absolute atomic E-state index is 4.56. The van der Waals surface area contributed by atoms with Gasteiger partial charge in [-0.1, -0.05) is 19.9 Å². The monoisotopic (exact) mass is 233 g/mol. The van der Waals surface area contributed by atoms with Crippen LogP contribution in [0.15, 0.2) is 18.3 Å². The van der Waals surface area contributed by atoms with Gasteiger partial charge in [0.25, 0.3) is 0 Å². The Morgan fingerprint density at radius 3 is 2.82 bits per heavy atom. The summed E-state index contributed by atoms with van der Waals surface area (Å²) >= 11 is 0. The molecule has 17 heavy (non-hydrogen) atoms. The zero-order chi connectivity index (χ0) is 12.3. The minimum Gasteiger partial charge on any atom is -0.356 e. The molecule has 1 aliphatic rings.